The first-order valence-corrected chi connectivity index (χ1v) is 11.9. The summed E-state index contributed by atoms with van der Waals surface area (Å²) >= 11 is 0. The first-order valence-electron chi connectivity index (χ1n) is 10.3. The number of rotatable bonds is 19. The van der Waals surface area contributed by atoms with Gasteiger partial charge in [0.2, 0.25) is 0 Å². The van der Waals surface area contributed by atoms with Crippen molar-refractivity contribution in [3.05, 3.63) is 12.2 Å². The summed E-state index contributed by atoms with van der Waals surface area (Å²) in [5.74, 6) is 4.26. The van der Waals surface area contributed by atoms with Crippen molar-refractivity contribution in [1.82, 2.24) is 0 Å². The van der Waals surface area contributed by atoms with E-state index in [1.807, 2.05) is 0 Å². The van der Waals surface area contributed by atoms with Gasteiger partial charge in [-0.1, -0.05) is 70.4 Å². The van der Waals surface area contributed by atoms with E-state index in [1.165, 1.54) is 57.8 Å². The molecule has 0 atom stereocenters. The van der Waals surface area contributed by atoms with Gasteiger partial charge in [0.15, 0.2) is 0 Å². The van der Waals surface area contributed by atoms with Gasteiger partial charge in [0.1, 0.15) is 5.78 Å². The van der Waals surface area contributed by atoms with Crippen molar-refractivity contribution in [2.24, 2.45) is 5.90 Å². The molecule has 0 aliphatic carbocycles. The van der Waals surface area contributed by atoms with Gasteiger partial charge in [-0.15, -0.1) is 0 Å². The average Bonchev–Trinajstić information content (AvgIpc) is 2.63. The van der Waals surface area contributed by atoms with Crippen molar-refractivity contribution < 1.29 is 17.5 Å². The second-order valence-electron chi connectivity index (χ2n) is 6.98. The maximum atomic E-state index is 11.6. The van der Waals surface area contributed by atoms with Crippen molar-refractivity contribution in [3.63, 3.8) is 0 Å². The summed E-state index contributed by atoms with van der Waals surface area (Å²) in [6.07, 6.45) is 20.9. The molecule has 7 heteroatoms. The zero-order valence-corrected chi connectivity index (χ0v) is 17.4. The molecule has 5 nitrogen and oxygen atoms in total. The Hall–Kier alpha value is 0.280. The van der Waals surface area contributed by atoms with Crippen molar-refractivity contribution in [2.45, 2.75) is 103 Å². The molecule has 0 aromatic rings. The predicted molar refractivity (Wildman–Crippen MR) is 115 cm³/mol. The van der Waals surface area contributed by atoms with E-state index in [4.69, 9.17) is 0 Å². The summed E-state index contributed by atoms with van der Waals surface area (Å²) in [6.45, 7) is 2.25. The number of Topliss-reactive ketones (excluding diaryl/α,β-unsaturated/α-hetero) is 1. The molecule has 0 saturated carbocycles. The number of carbonyl (C=O) groups is 1. The molecule has 0 saturated heterocycles. The van der Waals surface area contributed by atoms with Crippen LogP contribution in [0.5, 0.6) is 0 Å². The number of allylic oxidation sites excluding steroid dienone is 2. The van der Waals surface area contributed by atoms with Crippen LogP contribution in [0, 0.1) is 0 Å². The molecule has 0 rings (SSSR count). The standard InChI is InChI=1S/C20H39NO4S.Na.H/c1-2-3-4-5-6-7-8-9-10-11-12-13-14-15-16-17-20(22)18-19-26(23,24)25-21;;/h9-10H,2-8,11-19,21H2,1H3;;/b10-9-;;. The van der Waals surface area contributed by atoms with Crippen LogP contribution < -0.4 is 5.90 Å². The van der Waals surface area contributed by atoms with E-state index in [2.05, 4.69) is 29.3 Å². The molecular formula is C20H40NNaO4S. The Kier molecular flexibility index (Phi) is 22.9. The van der Waals surface area contributed by atoms with E-state index in [1.54, 1.807) is 0 Å². The maximum absolute atomic E-state index is 11.6. The number of hydrogen-bond donors (Lipinski definition) is 1. The number of carbonyl (C=O) groups excluding carboxylic acids is 1. The third-order valence-corrected chi connectivity index (χ3v) is 5.49. The number of unbranched alkanes of at least 4 members (excludes halogenated alkanes) is 11. The van der Waals surface area contributed by atoms with E-state index in [-0.39, 0.29) is 47.5 Å². The van der Waals surface area contributed by atoms with Crippen LogP contribution in [0.15, 0.2) is 12.2 Å². The molecule has 0 aliphatic heterocycles. The Labute approximate surface area is 189 Å². The van der Waals surface area contributed by atoms with Gasteiger partial charge in [0.05, 0.1) is 5.75 Å². The third-order valence-electron chi connectivity index (χ3n) is 4.49. The molecule has 0 radical (unpaired) electrons. The van der Waals surface area contributed by atoms with E-state index in [0.717, 1.165) is 25.7 Å². The molecule has 0 amide bonds. The Morgan fingerprint density at radius 3 is 1.81 bits per heavy atom. The van der Waals surface area contributed by atoms with Gasteiger partial charge >= 0.3 is 29.6 Å². The zero-order chi connectivity index (χ0) is 19.5. The van der Waals surface area contributed by atoms with Gasteiger partial charge < -0.3 is 0 Å². The normalized spacial score (nSPS) is 11.6. The van der Waals surface area contributed by atoms with E-state index in [0.29, 0.717) is 6.42 Å². The molecule has 27 heavy (non-hydrogen) atoms. The molecule has 0 fully saturated rings. The Morgan fingerprint density at radius 2 is 1.30 bits per heavy atom. The topological polar surface area (TPSA) is 86.5 Å². The summed E-state index contributed by atoms with van der Waals surface area (Å²) in [5, 5.41) is 0. The molecule has 0 heterocycles. The van der Waals surface area contributed by atoms with Gasteiger partial charge in [-0.2, -0.15) is 18.6 Å². The van der Waals surface area contributed by atoms with E-state index >= 15 is 0 Å². The first kappa shape index (κ1) is 29.5. The second-order valence-corrected chi connectivity index (χ2v) is 8.70. The van der Waals surface area contributed by atoms with Crippen LogP contribution in [0.1, 0.15) is 103 Å². The van der Waals surface area contributed by atoms with Crippen LogP contribution in [-0.2, 0) is 19.2 Å². The van der Waals surface area contributed by atoms with Crippen molar-refractivity contribution in [2.75, 3.05) is 5.75 Å². The van der Waals surface area contributed by atoms with Crippen molar-refractivity contribution >= 4 is 45.5 Å². The number of ketones is 1. The molecule has 0 bridgehead atoms. The van der Waals surface area contributed by atoms with Gasteiger partial charge in [-0.3, -0.25) is 4.79 Å². The second kappa shape index (κ2) is 21.0. The molecule has 0 aromatic heterocycles. The zero-order valence-electron chi connectivity index (χ0n) is 16.6. The summed E-state index contributed by atoms with van der Waals surface area (Å²) in [7, 11) is -3.72. The van der Waals surface area contributed by atoms with Gasteiger partial charge in [-0.25, -0.2) is 0 Å². The first-order chi connectivity index (χ1) is 12.5. The van der Waals surface area contributed by atoms with Gasteiger partial charge in [-0.05, 0) is 32.1 Å². The molecular weight excluding hydrogens is 373 g/mol. The van der Waals surface area contributed by atoms with E-state index < -0.39 is 10.1 Å². The molecule has 2 N–H and O–H groups in total. The van der Waals surface area contributed by atoms with Gasteiger partial charge in [0.25, 0.3) is 10.1 Å². The third kappa shape index (κ3) is 22.4. The number of hydrogen-bond acceptors (Lipinski definition) is 5. The van der Waals surface area contributed by atoms with Crippen LogP contribution in [-0.4, -0.2) is 49.5 Å². The van der Waals surface area contributed by atoms with Crippen LogP contribution in [0.3, 0.4) is 0 Å². The van der Waals surface area contributed by atoms with Crippen molar-refractivity contribution in [1.29, 1.82) is 0 Å². The van der Waals surface area contributed by atoms with Crippen LogP contribution in [0.25, 0.3) is 0 Å². The molecule has 156 valence electrons. The Bertz CT molecular complexity index is 467. The fourth-order valence-corrected chi connectivity index (χ4v) is 3.38. The van der Waals surface area contributed by atoms with Crippen molar-refractivity contribution in [3.8, 4) is 0 Å². The minimum absolute atomic E-state index is 0. The summed E-state index contributed by atoms with van der Waals surface area (Å²) in [5.41, 5.74) is 0. The predicted octanol–water partition coefficient (Wildman–Crippen LogP) is 4.55. The number of nitrogens with two attached hydrogens (primary N) is 1. The fourth-order valence-electron chi connectivity index (χ4n) is 2.80. The minimum atomic E-state index is -3.72. The summed E-state index contributed by atoms with van der Waals surface area (Å²) < 4.78 is 25.9. The average molecular weight is 414 g/mol. The van der Waals surface area contributed by atoms with Crippen LogP contribution >= 0.6 is 0 Å². The summed E-state index contributed by atoms with van der Waals surface area (Å²) in [4.78, 5) is 11.6. The summed E-state index contributed by atoms with van der Waals surface area (Å²) in [6, 6.07) is 0. The quantitative estimate of drug-likeness (QED) is 0.145. The molecule has 0 aliphatic rings. The Morgan fingerprint density at radius 1 is 0.815 bits per heavy atom. The van der Waals surface area contributed by atoms with Crippen LogP contribution in [0.2, 0.25) is 0 Å². The molecule has 0 unspecified atom stereocenters. The fraction of sp³-hybridized carbons (Fsp3) is 0.850. The SMILES string of the molecule is CCCCCCCC/C=C\CCCCCCCC(=O)CCS(=O)(=O)ON.[NaH]. The molecule has 0 aromatic carbocycles. The van der Waals surface area contributed by atoms with Gasteiger partial charge in [0, 0.05) is 12.8 Å². The molecule has 0 spiro atoms. The monoisotopic (exact) mass is 413 g/mol. The Balaban J connectivity index is 0. The van der Waals surface area contributed by atoms with E-state index in [9.17, 15) is 13.2 Å². The van der Waals surface area contributed by atoms with Crippen LogP contribution in [0.4, 0.5) is 0 Å².